The van der Waals surface area contributed by atoms with Crippen LogP contribution in [0.4, 0.5) is 0 Å². The number of H-pyrrole nitrogens is 1. The van der Waals surface area contributed by atoms with Crippen LogP contribution >= 0.6 is 15.9 Å². The molecule has 0 atom stereocenters. The molecule has 0 saturated heterocycles. The van der Waals surface area contributed by atoms with Crippen molar-refractivity contribution in [2.75, 3.05) is 0 Å². The summed E-state index contributed by atoms with van der Waals surface area (Å²) in [5.41, 5.74) is -0.286. The van der Waals surface area contributed by atoms with Crippen LogP contribution in [0.15, 0.2) is 21.5 Å². The van der Waals surface area contributed by atoms with Gasteiger partial charge in [0, 0.05) is 6.20 Å². The van der Waals surface area contributed by atoms with Crippen molar-refractivity contribution in [3.05, 3.63) is 32.7 Å². The van der Waals surface area contributed by atoms with E-state index in [4.69, 9.17) is 5.11 Å². The molecule has 1 rings (SSSR count). The van der Waals surface area contributed by atoms with Gasteiger partial charge in [-0.15, -0.1) is 0 Å². The number of aromatic nitrogens is 1. The van der Waals surface area contributed by atoms with Crippen molar-refractivity contribution in [3.8, 4) is 0 Å². The molecular formula is C8H10BrNO3. The summed E-state index contributed by atoms with van der Waals surface area (Å²) in [5.74, 6) is -1.07. The monoisotopic (exact) mass is 247 g/mol. The Bertz CT molecular complexity index is 345. The lowest BCUT2D eigenvalue weighted by molar-refractivity contribution is 0.0696. The van der Waals surface area contributed by atoms with Crippen molar-refractivity contribution >= 4 is 21.9 Å². The Kier molecular flexibility index (Phi) is 5.06. The quantitative estimate of drug-likeness (QED) is 0.796. The highest BCUT2D eigenvalue weighted by Crippen LogP contribution is 2.04. The van der Waals surface area contributed by atoms with E-state index in [1.165, 1.54) is 6.07 Å². The van der Waals surface area contributed by atoms with E-state index in [0.29, 0.717) is 0 Å². The molecule has 13 heavy (non-hydrogen) atoms. The van der Waals surface area contributed by atoms with Gasteiger partial charge < -0.3 is 10.1 Å². The van der Waals surface area contributed by atoms with E-state index in [1.807, 2.05) is 13.8 Å². The van der Waals surface area contributed by atoms with Crippen molar-refractivity contribution in [2.45, 2.75) is 13.8 Å². The minimum absolute atomic E-state index is 0.0523. The number of aromatic amines is 1. The minimum atomic E-state index is -1.07. The first-order valence-electron chi connectivity index (χ1n) is 3.73. The summed E-state index contributed by atoms with van der Waals surface area (Å²) in [5, 5.41) is 8.46. The van der Waals surface area contributed by atoms with Crippen LogP contribution in [0.3, 0.4) is 0 Å². The summed E-state index contributed by atoms with van der Waals surface area (Å²) in [6, 6.07) is 1.25. The number of nitrogens with one attached hydrogen (secondary N) is 1. The van der Waals surface area contributed by atoms with Crippen molar-refractivity contribution in [1.29, 1.82) is 0 Å². The Balaban J connectivity index is 0.000000671. The van der Waals surface area contributed by atoms with Gasteiger partial charge in [0.25, 0.3) is 5.56 Å². The summed E-state index contributed by atoms with van der Waals surface area (Å²) in [6.45, 7) is 4.00. The van der Waals surface area contributed by atoms with Crippen LogP contribution in [-0.2, 0) is 0 Å². The molecule has 0 aliphatic carbocycles. The van der Waals surface area contributed by atoms with E-state index in [9.17, 15) is 9.59 Å². The normalized spacial score (nSPS) is 8.54. The van der Waals surface area contributed by atoms with Crippen molar-refractivity contribution in [1.82, 2.24) is 4.98 Å². The number of rotatable bonds is 1. The van der Waals surface area contributed by atoms with Gasteiger partial charge in [0.1, 0.15) is 0 Å². The lowest BCUT2D eigenvalue weighted by atomic mass is 10.3. The van der Waals surface area contributed by atoms with Crippen LogP contribution in [0.1, 0.15) is 24.2 Å². The van der Waals surface area contributed by atoms with E-state index in [-0.39, 0.29) is 15.6 Å². The fourth-order valence-electron chi connectivity index (χ4n) is 0.579. The number of hydrogen-bond donors (Lipinski definition) is 2. The standard InChI is InChI=1S/C6H4BrNO3.C2H6/c7-4-1-3(6(10)11)2-8-5(4)9;1-2/h1-2H,(H,8,9)(H,10,11);1-2H3. The van der Waals surface area contributed by atoms with Crippen LogP contribution in [0.25, 0.3) is 0 Å². The van der Waals surface area contributed by atoms with Gasteiger partial charge in [0.15, 0.2) is 0 Å². The number of halogens is 1. The van der Waals surface area contributed by atoms with Crippen molar-refractivity contribution < 1.29 is 9.90 Å². The van der Waals surface area contributed by atoms with Gasteiger partial charge in [0.2, 0.25) is 0 Å². The first kappa shape index (κ1) is 11.9. The van der Waals surface area contributed by atoms with Gasteiger partial charge in [-0.2, -0.15) is 0 Å². The van der Waals surface area contributed by atoms with Gasteiger partial charge in [-0.25, -0.2) is 4.79 Å². The predicted octanol–water partition coefficient (Wildman–Crippen LogP) is 1.86. The Morgan fingerprint density at radius 2 is 2.08 bits per heavy atom. The van der Waals surface area contributed by atoms with E-state index in [2.05, 4.69) is 20.9 Å². The maximum atomic E-state index is 10.7. The average Bonchev–Trinajstić information content (AvgIpc) is 2.13. The molecule has 0 saturated carbocycles. The Labute approximate surface area is 83.7 Å². The highest BCUT2D eigenvalue weighted by molar-refractivity contribution is 9.10. The van der Waals surface area contributed by atoms with E-state index >= 15 is 0 Å². The molecule has 0 amide bonds. The second-order valence-electron chi connectivity index (χ2n) is 1.87. The molecule has 0 aliphatic rings. The zero-order valence-electron chi connectivity index (χ0n) is 7.30. The molecule has 1 aromatic rings. The van der Waals surface area contributed by atoms with Crippen LogP contribution < -0.4 is 5.56 Å². The second-order valence-corrected chi connectivity index (χ2v) is 2.72. The summed E-state index contributed by atoms with van der Waals surface area (Å²) in [4.78, 5) is 23.3. The second kappa shape index (κ2) is 5.53. The molecular weight excluding hydrogens is 238 g/mol. The predicted molar refractivity (Wildman–Crippen MR) is 53.1 cm³/mol. The number of carboxylic acid groups (broad SMARTS) is 1. The number of hydrogen-bond acceptors (Lipinski definition) is 2. The molecule has 5 heteroatoms. The summed E-state index contributed by atoms with van der Waals surface area (Å²) < 4.78 is 0.220. The van der Waals surface area contributed by atoms with Crippen LogP contribution in [-0.4, -0.2) is 16.1 Å². The van der Waals surface area contributed by atoms with Crippen molar-refractivity contribution in [2.24, 2.45) is 0 Å². The van der Waals surface area contributed by atoms with Crippen LogP contribution in [0.5, 0.6) is 0 Å². The largest absolute Gasteiger partial charge is 0.478 e. The number of aromatic carboxylic acids is 1. The average molecular weight is 248 g/mol. The minimum Gasteiger partial charge on any atom is -0.478 e. The highest BCUT2D eigenvalue weighted by atomic mass is 79.9. The van der Waals surface area contributed by atoms with E-state index in [0.717, 1.165) is 6.20 Å². The number of carboxylic acids is 1. The maximum absolute atomic E-state index is 10.7. The highest BCUT2D eigenvalue weighted by Gasteiger charge is 2.03. The molecule has 1 aromatic heterocycles. The molecule has 0 aliphatic heterocycles. The summed E-state index contributed by atoms with van der Waals surface area (Å²) in [7, 11) is 0. The molecule has 72 valence electrons. The number of carbonyl (C=O) groups is 1. The molecule has 0 aromatic carbocycles. The lowest BCUT2D eigenvalue weighted by Gasteiger charge is -1.92. The smallest absolute Gasteiger partial charge is 0.337 e. The van der Waals surface area contributed by atoms with Gasteiger partial charge in [-0.1, -0.05) is 13.8 Å². The first-order chi connectivity index (χ1) is 6.11. The SMILES string of the molecule is CC.O=C(O)c1c[nH]c(=O)c(Br)c1. The Morgan fingerprint density at radius 3 is 2.46 bits per heavy atom. The number of pyridine rings is 1. The summed E-state index contributed by atoms with van der Waals surface area (Å²) in [6.07, 6.45) is 1.15. The Hall–Kier alpha value is -1.10. The molecule has 1 heterocycles. The van der Waals surface area contributed by atoms with E-state index in [1.54, 1.807) is 0 Å². The first-order valence-corrected chi connectivity index (χ1v) is 4.52. The zero-order valence-corrected chi connectivity index (χ0v) is 8.88. The maximum Gasteiger partial charge on any atom is 0.337 e. The third-order valence-corrected chi connectivity index (χ3v) is 1.69. The van der Waals surface area contributed by atoms with Crippen molar-refractivity contribution in [3.63, 3.8) is 0 Å². The van der Waals surface area contributed by atoms with Crippen LogP contribution in [0, 0.1) is 0 Å². The fraction of sp³-hybridized carbons (Fsp3) is 0.250. The van der Waals surface area contributed by atoms with Gasteiger partial charge in [-0.05, 0) is 22.0 Å². The fourth-order valence-corrected chi connectivity index (χ4v) is 0.941. The zero-order chi connectivity index (χ0) is 10.4. The van der Waals surface area contributed by atoms with Gasteiger partial charge >= 0.3 is 5.97 Å². The topological polar surface area (TPSA) is 70.2 Å². The molecule has 0 spiro atoms. The summed E-state index contributed by atoms with van der Waals surface area (Å²) >= 11 is 2.91. The lowest BCUT2D eigenvalue weighted by Crippen LogP contribution is -2.08. The molecule has 2 N–H and O–H groups in total. The third-order valence-electron chi connectivity index (χ3n) is 1.10. The molecule has 0 bridgehead atoms. The van der Waals surface area contributed by atoms with Crippen LogP contribution in [0.2, 0.25) is 0 Å². The Morgan fingerprint density at radius 1 is 1.54 bits per heavy atom. The van der Waals surface area contributed by atoms with E-state index < -0.39 is 5.97 Å². The molecule has 0 fully saturated rings. The molecule has 0 unspecified atom stereocenters. The van der Waals surface area contributed by atoms with Gasteiger partial charge in [-0.3, -0.25) is 4.79 Å². The van der Waals surface area contributed by atoms with Gasteiger partial charge in [0.05, 0.1) is 10.0 Å². The molecule has 0 radical (unpaired) electrons. The third kappa shape index (κ3) is 3.42. The molecule has 4 nitrogen and oxygen atoms in total.